The first-order valence-corrected chi connectivity index (χ1v) is 8.70. The van der Waals surface area contributed by atoms with E-state index >= 15 is 0 Å². The van der Waals surface area contributed by atoms with Crippen LogP contribution in [0.5, 0.6) is 5.75 Å². The maximum atomic E-state index is 13.0. The van der Waals surface area contributed by atoms with Gasteiger partial charge >= 0.3 is 6.18 Å². The second-order valence-corrected chi connectivity index (χ2v) is 7.21. The number of halogens is 4. The molecule has 0 bridgehead atoms. The predicted molar refractivity (Wildman–Crippen MR) is 80.9 cm³/mol. The van der Waals surface area contributed by atoms with Crippen molar-refractivity contribution in [1.29, 1.82) is 0 Å². The van der Waals surface area contributed by atoms with Gasteiger partial charge in [-0.25, -0.2) is 8.42 Å². The molecule has 0 saturated heterocycles. The van der Waals surface area contributed by atoms with Crippen molar-refractivity contribution in [2.24, 2.45) is 0 Å². The molecule has 0 unspecified atom stereocenters. The number of benzene rings is 2. The Hall–Kier alpha value is -2.06. The molecule has 0 saturated carbocycles. The number of rotatable bonds is 4. The maximum Gasteiger partial charge on any atom is 0.417 e. The molecule has 0 fully saturated rings. The summed E-state index contributed by atoms with van der Waals surface area (Å²) in [7, 11) is 2.22. The van der Waals surface area contributed by atoms with Crippen molar-refractivity contribution in [3.05, 3.63) is 59.2 Å². The van der Waals surface area contributed by atoms with Gasteiger partial charge in [-0.05, 0) is 24.3 Å². The highest BCUT2D eigenvalue weighted by atomic mass is 35.7. The third-order valence-electron chi connectivity index (χ3n) is 3.17. The predicted octanol–water partition coefficient (Wildman–Crippen LogP) is 3.87. The van der Waals surface area contributed by atoms with Crippen molar-refractivity contribution in [2.45, 2.75) is 11.1 Å². The van der Waals surface area contributed by atoms with Gasteiger partial charge in [-0.1, -0.05) is 18.2 Å². The van der Waals surface area contributed by atoms with E-state index in [1.807, 2.05) is 0 Å². The Morgan fingerprint density at radius 3 is 2.29 bits per heavy atom. The van der Waals surface area contributed by atoms with Gasteiger partial charge in [-0.2, -0.15) is 13.2 Å². The third kappa shape index (κ3) is 3.70. The van der Waals surface area contributed by atoms with Crippen molar-refractivity contribution in [2.75, 3.05) is 7.11 Å². The fourth-order valence-electron chi connectivity index (χ4n) is 2.09. The van der Waals surface area contributed by atoms with E-state index in [2.05, 4.69) is 0 Å². The fraction of sp³-hybridized carbons (Fsp3) is 0.133. The van der Waals surface area contributed by atoms with Gasteiger partial charge in [0.05, 0.1) is 12.7 Å². The minimum Gasteiger partial charge on any atom is -0.495 e. The number of alkyl halides is 3. The van der Waals surface area contributed by atoms with Crippen LogP contribution in [0.2, 0.25) is 0 Å². The molecule has 24 heavy (non-hydrogen) atoms. The minimum absolute atomic E-state index is 0.120. The second kappa shape index (κ2) is 6.45. The van der Waals surface area contributed by atoms with Crippen LogP contribution in [0, 0.1) is 0 Å². The molecule has 0 aliphatic rings. The van der Waals surface area contributed by atoms with E-state index in [-0.39, 0.29) is 11.3 Å². The van der Waals surface area contributed by atoms with E-state index in [4.69, 9.17) is 15.4 Å². The maximum absolute atomic E-state index is 13.0. The zero-order valence-electron chi connectivity index (χ0n) is 12.1. The Balaban J connectivity index is 2.61. The topological polar surface area (TPSA) is 60.4 Å². The van der Waals surface area contributed by atoms with E-state index in [9.17, 15) is 26.4 Å². The minimum atomic E-state index is -4.72. The molecule has 2 aromatic rings. The van der Waals surface area contributed by atoms with E-state index in [0.29, 0.717) is 0 Å². The van der Waals surface area contributed by atoms with Crippen LogP contribution in [0.3, 0.4) is 0 Å². The van der Waals surface area contributed by atoms with Gasteiger partial charge in [0.1, 0.15) is 10.6 Å². The summed E-state index contributed by atoms with van der Waals surface area (Å²) in [6.07, 6.45) is -4.72. The van der Waals surface area contributed by atoms with Crippen LogP contribution < -0.4 is 4.74 Å². The van der Waals surface area contributed by atoms with E-state index in [0.717, 1.165) is 30.3 Å². The number of hydrogen-bond acceptors (Lipinski definition) is 4. The molecule has 4 nitrogen and oxygen atoms in total. The molecule has 2 aromatic carbocycles. The van der Waals surface area contributed by atoms with Crippen molar-refractivity contribution in [3.63, 3.8) is 0 Å². The zero-order chi connectivity index (χ0) is 18.1. The molecule has 0 heterocycles. The summed E-state index contributed by atoms with van der Waals surface area (Å²) in [6, 6.07) is 7.43. The third-order valence-corrected chi connectivity index (χ3v) is 4.51. The van der Waals surface area contributed by atoms with Crippen molar-refractivity contribution >= 4 is 25.5 Å². The van der Waals surface area contributed by atoms with Crippen molar-refractivity contribution in [3.8, 4) is 5.75 Å². The molecule has 0 aliphatic heterocycles. The van der Waals surface area contributed by atoms with Crippen LogP contribution in [-0.4, -0.2) is 21.3 Å². The van der Waals surface area contributed by atoms with Crippen LogP contribution in [0.15, 0.2) is 47.4 Å². The summed E-state index contributed by atoms with van der Waals surface area (Å²) in [5.74, 6) is -1.10. The lowest BCUT2D eigenvalue weighted by molar-refractivity contribution is -0.137. The van der Waals surface area contributed by atoms with Crippen LogP contribution in [0.1, 0.15) is 21.5 Å². The highest BCUT2D eigenvalue weighted by Gasteiger charge is 2.35. The van der Waals surface area contributed by atoms with Gasteiger partial charge in [0.2, 0.25) is 0 Å². The number of hydrogen-bond donors (Lipinski definition) is 0. The van der Waals surface area contributed by atoms with E-state index in [1.165, 1.54) is 19.2 Å². The highest BCUT2D eigenvalue weighted by Crippen LogP contribution is 2.34. The average Bonchev–Trinajstić information content (AvgIpc) is 2.52. The monoisotopic (exact) mass is 378 g/mol. The van der Waals surface area contributed by atoms with Gasteiger partial charge in [0, 0.05) is 21.8 Å². The van der Waals surface area contributed by atoms with Crippen LogP contribution in [0.25, 0.3) is 0 Å². The Morgan fingerprint density at radius 1 is 1.12 bits per heavy atom. The molecule has 9 heteroatoms. The van der Waals surface area contributed by atoms with Gasteiger partial charge in [0.25, 0.3) is 9.05 Å². The normalized spacial score (nSPS) is 12.0. The first-order chi connectivity index (χ1) is 11.1. The summed E-state index contributed by atoms with van der Waals surface area (Å²) < 4.78 is 67.0. The summed E-state index contributed by atoms with van der Waals surface area (Å²) >= 11 is 0. The number of carbonyl (C=O) groups excluding carboxylic acids is 1. The lowest BCUT2D eigenvalue weighted by Crippen LogP contribution is -2.14. The summed E-state index contributed by atoms with van der Waals surface area (Å²) in [5, 5.41) is 0. The van der Waals surface area contributed by atoms with E-state index < -0.39 is 37.0 Å². The zero-order valence-corrected chi connectivity index (χ0v) is 13.7. The molecule has 2 rings (SSSR count). The standard InChI is InChI=1S/C15H10ClF3O4S/c1-23-12-7-6-9(8-13(12)24(16,21)22)14(20)10-4-2-3-5-11(10)15(17,18)19/h2-8H,1H3. The van der Waals surface area contributed by atoms with Crippen molar-refractivity contribution in [1.82, 2.24) is 0 Å². The molecular formula is C15H10ClF3O4S. The Labute approximate surface area is 140 Å². The number of ketones is 1. The average molecular weight is 379 g/mol. The lowest BCUT2D eigenvalue weighted by atomic mass is 9.98. The lowest BCUT2D eigenvalue weighted by Gasteiger charge is -2.13. The Morgan fingerprint density at radius 2 is 1.75 bits per heavy atom. The summed E-state index contributed by atoms with van der Waals surface area (Å²) in [6.45, 7) is 0. The van der Waals surface area contributed by atoms with Crippen LogP contribution in [-0.2, 0) is 15.2 Å². The Kier molecular flexibility index (Phi) is 4.91. The SMILES string of the molecule is COc1ccc(C(=O)c2ccccc2C(F)(F)F)cc1S(=O)(=O)Cl. The largest absolute Gasteiger partial charge is 0.495 e. The quantitative estimate of drug-likeness (QED) is 0.598. The number of methoxy groups -OCH3 is 1. The summed E-state index contributed by atoms with van der Waals surface area (Å²) in [4.78, 5) is 11.9. The molecule has 128 valence electrons. The molecule has 0 radical (unpaired) electrons. The smallest absolute Gasteiger partial charge is 0.417 e. The number of ether oxygens (including phenoxy) is 1. The van der Waals surface area contributed by atoms with Gasteiger partial charge < -0.3 is 4.74 Å². The molecule has 0 amide bonds. The molecule has 0 N–H and O–H groups in total. The Bertz CT molecular complexity index is 892. The first-order valence-electron chi connectivity index (χ1n) is 6.39. The first kappa shape index (κ1) is 18.3. The van der Waals surface area contributed by atoms with E-state index in [1.54, 1.807) is 0 Å². The van der Waals surface area contributed by atoms with Crippen LogP contribution >= 0.6 is 10.7 Å². The molecule has 0 spiro atoms. The molecular weight excluding hydrogens is 369 g/mol. The summed E-state index contributed by atoms with van der Waals surface area (Å²) in [5.41, 5.74) is -1.96. The second-order valence-electron chi connectivity index (χ2n) is 4.68. The van der Waals surface area contributed by atoms with Gasteiger partial charge in [-0.15, -0.1) is 0 Å². The molecule has 0 aromatic heterocycles. The molecule has 0 aliphatic carbocycles. The highest BCUT2D eigenvalue weighted by molar-refractivity contribution is 8.13. The van der Waals surface area contributed by atoms with Gasteiger partial charge in [-0.3, -0.25) is 4.79 Å². The van der Waals surface area contributed by atoms with Crippen molar-refractivity contribution < 1.29 is 31.1 Å². The fourth-order valence-corrected chi connectivity index (χ4v) is 3.11. The number of carbonyl (C=O) groups is 1. The van der Waals surface area contributed by atoms with Gasteiger partial charge in [0.15, 0.2) is 5.78 Å². The molecule has 0 atom stereocenters. The van der Waals surface area contributed by atoms with Crippen LogP contribution in [0.4, 0.5) is 13.2 Å².